The fourth-order valence-corrected chi connectivity index (χ4v) is 1.77. The Balaban J connectivity index is 2.61. The number of esters is 1. The van der Waals surface area contributed by atoms with Crippen LogP contribution in [0.3, 0.4) is 0 Å². The van der Waals surface area contributed by atoms with Crippen molar-refractivity contribution in [2.24, 2.45) is 0 Å². The third-order valence-electron chi connectivity index (χ3n) is 3.32. The number of methoxy groups -OCH3 is 1. The van der Waals surface area contributed by atoms with E-state index < -0.39 is 24.5 Å². The molecule has 1 atom stereocenters. The third-order valence-corrected chi connectivity index (χ3v) is 3.32. The molecule has 1 aromatic rings. The molecule has 1 rings (SSSR count). The molecule has 0 aliphatic carbocycles. The second kappa shape index (κ2) is 10.5. The van der Waals surface area contributed by atoms with Crippen LogP contribution in [0.15, 0.2) is 29.8 Å². The standard InChI is InChI=1S/C18H21N3O5/c1-4-12(2)20-18(24)21-16(22)11-26-17(23)14(10-19)8-13-6-5-7-15(9-13)25-3/h5-9,12H,4,11H2,1-3H3,(H2,20,21,22,24)/b14-8+/t12-/m0/s1. The monoisotopic (exact) mass is 359 g/mol. The molecule has 3 amide bonds. The number of nitriles is 1. The van der Waals surface area contributed by atoms with Crippen molar-refractivity contribution in [2.75, 3.05) is 13.7 Å². The van der Waals surface area contributed by atoms with Crippen LogP contribution in [0.5, 0.6) is 5.75 Å². The lowest BCUT2D eigenvalue weighted by Crippen LogP contribution is -2.44. The number of hydrogen-bond acceptors (Lipinski definition) is 6. The van der Waals surface area contributed by atoms with Crippen LogP contribution < -0.4 is 15.4 Å². The van der Waals surface area contributed by atoms with E-state index in [0.29, 0.717) is 17.7 Å². The minimum absolute atomic E-state index is 0.0960. The molecule has 0 heterocycles. The fourth-order valence-electron chi connectivity index (χ4n) is 1.77. The van der Waals surface area contributed by atoms with Crippen molar-refractivity contribution in [1.29, 1.82) is 5.26 Å². The Kier molecular flexibility index (Phi) is 8.37. The molecule has 138 valence electrons. The van der Waals surface area contributed by atoms with Gasteiger partial charge in [-0.1, -0.05) is 19.1 Å². The summed E-state index contributed by atoms with van der Waals surface area (Å²) in [5, 5.41) is 13.7. The van der Waals surface area contributed by atoms with Crippen molar-refractivity contribution in [3.05, 3.63) is 35.4 Å². The molecule has 0 bridgehead atoms. The predicted molar refractivity (Wildman–Crippen MR) is 94.0 cm³/mol. The molecule has 0 spiro atoms. The molecular weight excluding hydrogens is 338 g/mol. The van der Waals surface area contributed by atoms with Crippen molar-refractivity contribution in [3.8, 4) is 11.8 Å². The summed E-state index contributed by atoms with van der Waals surface area (Å²) in [6.45, 7) is 2.99. The van der Waals surface area contributed by atoms with E-state index in [1.807, 2.05) is 12.2 Å². The Morgan fingerprint density at radius 1 is 1.35 bits per heavy atom. The van der Waals surface area contributed by atoms with Gasteiger partial charge in [0.25, 0.3) is 5.91 Å². The van der Waals surface area contributed by atoms with Crippen molar-refractivity contribution in [3.63, 3.8) is 0 Å². The van der Waals surface area contributed by atoms with Gasteiger partial charge in [-0.15, -0.1) is 0 Å². The average Bonchev–Trinajstić information content (AvgIpc) is 2.63. The van der Waals surface area contributed by atoms with Gasteiger partial charge < -0.3 is 14.8 Å². The van der Waals surface area contributed by atoms with Gasteiger partial charge in [0.1, 0.15) is 17.4 Å². The van der Waals surface area contributed by atoms with Crippen LogP contribution in [-0.2, 0) is 14.3 Å². The minimum Gasteiger partial charge on any atom is -0.497 e. The molecule has 0 saturated heterocycles. The summed E-state index contributed by atoms with van der Waals surface area (Å²) < 4.78 is 9.83. The Hall–Kier alpha value is -3.34. The van der Waals surface area contributed by atoms with Crippen molar-refractivity contribution >= 4 is 24.0 Å². The molecule has 0 aromatic heterocycles. The first-order valence-electron chi connectivity index (χ1n) is 7.92. The van der Waals surface area contributed by atoms with Crippen LogP contribution in [0.4, 0.5) is 4.79 Å². The third kappa shape index (κ3) is 7.05. The summed E-state index contributed by atoms with van der Waals surface area (Å²) in [5.41, 5.74) is 0.283. The zero-order valence-electron chi connectivity index (χ0n) is 14.9. The predicted octanol–water partition coefficient (Wildman–Crippen LogP) is 1.77. The molecule has 26 heavy (non-hydrogen) atoms. The highest BCUT2D eigenvalue weighted by Crippen LogP contribution is 2.15. The summed E-state index contributed by atoms with van der Waals surface area (Å²) in [6, 6.07) is 7.69. The molecule has 0 radical (unpaired) electrons. The Labute approximate surface area is 151 Å². The smallest absolute Gasteiger partial charge is 0.349 e. The topological polar surface area (TPSA) is 118 Å². The molecule has 0 saturated carbocycles. The number of imide groups is 1. The van der Waals surface area contributed by atoms with Gasteiger partial charge in [0.05, 0.1) is 7.11 Å². The number of nitrogens with one attached hydrogen (secondary N) is 2. The van der Waals surface area contributed by atoms with E-state index >= 15 is 0 Å². The lowest BCUT2D eigenvalue weighted by molar-refractivity contribution is -0.144. The van der Waals surface area contributed by atoms with Crippen LogP contribution in [0.1, 0.15) is 25.8 Å². The quantitative estimate of drug-likeness (QED) is 0.435. The van der Waals surface area contributed by atoms with E-state index in [2.05, 4.69) is 5.32 Å². The first-order chi connectivity index (χ1) is 12.4. The Morgan fingerprint density at radius 2 is 2.08 bits per heavy atom. The number of carbonyl (C=O) groups excluding carboxylic acids is 3. The zero-order chi connectivity index (χ0) is 19.5. The molecule has 0 unspecified atom stereocenters. The number of benzene rings is 1. The summed E-state index contributed by atoms with van der Waals surface area (Å²) in [6.07, 6.45) is 2.02. The van der Waals surface area contributed by atoms with Crippen LogP contribution in [-0.4, -0.2) is 37.7 Å². The SMILES string of the molecule is CC[C@H](C)NC(=O)NC(=O)COC(=O)/C(C#N)=C/c1cccc(OC)c1. The van der Waals surface area contributed by atoms with Crippen molar-refractivity contribution in [1.82, 2.24) is 10.6 Å². The number of carbonyl (C=O) groups is 3. The highest BCUT2D eigenvalue weighted by molar-refractivity contribution is 6.00. The highest BCUT2D eigenvalue weighted by Gasteiger charge is 2.15. The van der Waals surface area contributed by atoms with Crippen LogP contribution in [0, 0.1) is 11.3 Å². The summed E-state index contributed by atoms with van der Waals surface area (Å²) in [5.74, 6) is -1.19. The van der Waals surface area contributed by atoms with Gasteiger partial charge in [-0.3, -0.25) is 10.1 Å². The maximum Gasteiger partial charge on any atom is 0.349 e. The van der Waals surface area contributed by atoms with Crippen molar-refractivity contribution < 1.29 is 23.9 Å². The Bertz CT molecular complexity index is 737. The Morgan fingerprint density at radius 3 is 2.69 bits per heavy atom. The highest BCUT2D eigenvalue weighted by atomic mass is 16.5. The second-order valence-corrected chi connectivity index (χ2v) is 5.35. The van der Waals surface area contributed by atoms with Gasteiger partial charge in [0.2, 0.25) is 0 Å². The van der Waals surface area contributed by atoms with E-state index in [1.165, 1.54) is 13.2 Å². The largest absolute Gasteiger partial charge is 0.497 e. The van der Waals surface area contributed by atoms with Crippen LogP contribution in [0.2, 0.25) is 0 Å². The van der Waals surface area contributed by atoms with Crippen LogP contribution >= 0.6 is 0 Å². The lowest BCUT2D eigenvalue weighted by Gasteiger charge is -2.11. The van der Waals surface area contributed by atoms with Gasteiger partial charge in [-0.2, -0.15) is 5.26 Å². The first kappa shape index (κ1) is 20.7. The molecule has 2 N–H and O–H groups in total. The number of hydrogen-bond donors (Lipinski definition) is 2. The maximum atomic E-state index is 11.9. The van der Waals surface area contributed by atoms with Gasteiger partial charge >= 0.3 is 12.0 Å². The van der Waals surface area contributed by atoms with Gasteiger partial charge in [-0.25, -0.2) is 9.59 Å². The molecule has 8 heteroatoms. The van der Waals surface area contributed by atoms with Gasteiger partial charge in [0, 0.05) is 6.04 Å². The van der Waals surface area contributed by atoms with E-state index in [0.717, 1.165) is 0 Å². The average molecular weight is 359 g/mol. The number of nitrogens with zero attached hydrogens (tertiary/aromatic N) is 1. The van der Waals surface area contributed by atoms with E-state index in [9.17, 15) is 14.4 Å². The zero-order valence-corrected chi connectivity index (χ0v) is 14.9. The number of ether oxygens (including phenoxy) is 2. The lowest BCUT2D eigenvalue weighted by atomic mass is 10.1. The summed E-state index contributed by atoms with van der Waals surface area (Å²) in [7, 11) is 1.50. The maximum absolute atomic E-state index is 11.9. The molecular formula is C18H21N3O5. The number of rotatable bonds is 7. The summed E-state index contributed by atoms with van der Waals surface area (Å²) in [4.78, 5) is 35.0. The van der Waals surface area contributed by atoms with E-state index in [4.69, 9.17) is 14.7 Å². The summed E-state index contributed by atoms with van der Waals surface area (Å²) >= 11 is 0. The number of urea groups is 1. The molecule has 8 nitrogen and oxygen atoms in total. The minimum atomic E-state index is -0.965. The number of amides is 3. The fraction of sp³-hybridized carbons (Fsp3) is 0.333. The first-order valence-corrected chi connectivity index (χ1v) is 7.92. The van der Waals surface area contributed by atoms with Crippen LogP contribution in [0.25, 0.3) is 6.08 Å². The van der Waals surface area contributed by atoms with E-state index in [1.54, 1.807) is 37.3 Å². The molecule has 1 aromatic carbocycles. The van der Waals surface area contributed by atoms with Gasteiger partial charge in [-0.05, 0) is 37.1 Å². The van der Waals surface area contributed by atoms with E-state index in [-0.39, 0.29) is 11.6 Å². The van der Waals surface area contributed by atoms with Crippen molar-refractivity contribution in [2.45, 2.75) is 26.3 Å². The second-order valence-electron chi connectivity index (χ2n) is 5.35. The normalized spacial score (nSPS) is 11.7. The molecule has 0 aliphatic rings. The van der Waals surface area contributed by atoms with Gasteiger partial charge in [0.15, 0.2) is 6.61 Å². The molecule has 0 aliphatic heterocycles. The molecule has 0 fully saturated rings.